The third kappa shape index (κ3) is 4.29. The van der Waals surface area contributed by atoms with E-state index in [-0.39, 0.29) is 17.9 Å². The lowest BCUT2D eigenvalue weighted by Crippen LogP contribution is -2.42. The number of nitrogens with zero attached hydrogens (tertiary/aromatic N) is 2. The molecule has 5 heteroatoms. The zero-order valence-electron chi connectivity index (χ0n) is 19.6. The third-order valence-corrected chi connectivity index (χ3v) is 6.05. The molecule has 0 spiro atoms. The van der Waals surface area contributed by atoms with Gasteiger partial charge in [0.2, 0.25) is 0 Å². The minimum atomic E-state index is -0.266. The molecular weight excluding hydrogens is 400 g/mol. The number of likely N-dealkylation sites (tertiary alicyclic amines) is 1. The standard InChI is InChI=1S/C27H32N2O3/c1-17(2)32-23-12-10-22(11-13-23)29-26(30)24(21-8-6-18(3)7-9-21)25(27(29)31)28-15-19(4)14-20(5)16-28/h6-13,17,19-20H,14-16H2,1-5H3. The molecule has 4 rings (SSSR count). The molecule has 0 aromatic heterocycles. The second-order valence-electron chi connectivity index (χ2n) is 9.55. The Kier molecular flexibility index (Phi) is 6.09. The van der Waals surface area contributed by atoms with Crippen molar-refractivity contribution >= 4 is 23.1 Å². The minimum absolute atomic E-state index is 0.0559. The van der Waals surface area contributed by atoms with Crippen molar-refractivity contribution in [3.8, 4) is 5.75 Å². The Morgan fingerprint density at radius 2 is 1.47 bits per heavy atom. The van der Waals surface area contributed by atoms with Crippen LogP contribution in [0.2, 0.25) is 0 Å². The fraction of sp³-hybridized carbons (Fsp3) is 0.407. The van der Waals surface area contributed by atoms with Gasteiger partial charge in [-0.1, -0.05) is 43.7 Å². The van der Waals surface area contributed by atoms with Gasteiger partial charge in [-0.3, -0.25) is 9.59 Å². The van der Waals surface area contributed by atoms with Gasteiger partial charge in [-0.2, -0.15) is 0 Å². The molecule has 2 aromatic carbocycles. The SMILES string of the molecule is Cc1ccc(C2=C(N3CC(C)CC(C)C3)C(=O)N(c3ccc(OC(C)C)cc3)C2=O)cc1. The Balaban J connectivity index is 1.75. The molecule has 0 radical (unpaired) electrons. The van der Waals surface area contributed by atoms with Gasteiger partial charge in [-0.05, 0) is 68.9 Å². The summed E-state index contributed by atoms with van der Waals surface area (Å²) >= 11 is 0. The van der Waals surface area contributed by atoms with E-state index in [1.807, 2.05) is 57.2 Å². The molecule has 5 nitrogen and oxygen atoms in total. The van der Waals surface area contributed by atoms with Crippen LogP contribution in [0.15, 0.2) is 54.2 Å². The molecular formula is C27H32N2O3. The van der Waals surface area contributed by atoms with E-state index in [0.717, 1.165) is 30.6 Å². The van der Waals surface area contributed by atoms with Crippen molar-refractivity contribution in [1.82, 2.24) is 4.90 Å². The predicted molar refractivity (Wildman–Crippen MR) is 127 cm³/mol. The number of hydrogen-bond donors (Lipinski definition) is 0. The summed E-state index contributed by atoms with van der Waals surface area (Å²) in [6.07, 6.45) is 1.19. The van der Waals surface area contributed by atoms with E-state index in [1.54, 1.807) is 12.1 Å². The molecule has 2 atom stereocenters. The van der Waals surface area contributed by atoms with Crippen molar-refractivity contribution < 1.29 is 14.3 Å². The maximum Gasteiger partial charge on any atom is 0.282 e. The summed E-state index contributed by atoms with van der Waals surface area (Å²) in [5.41, 5.74) is 3.50. The van der Waals surface area contributed by atoms with Gasteiger partial charge in [-0.25, -0.2) is 4.90 Å². The molecule has 2 amide bonds. The van der Waals surface area contributed by atoms with Gasteiger partial charge >= 0.3 is 0 Å². The molecule has 1 saturated heterocycles. The lowest BCUT2D eigenvalue weighted by Gasteiger charge is -2.37. The molecule has 0 bridgehead atoms. The van der Waals surface area contributed by atoms with Crippen molar-refractivity contribution in [2.45, 2.75) is 47.1 Å². The van der Waals surface area contributed by atoms with E-state index in [4.69, 9.17) is 4.74 Å². The van der Waals surface area contributed by atoms with Crippen molar-refractivity contribution in [3.63, 3.8) is 0 Å². The lowest BCUT2D eigenvalue weighted by atomic mass is 9.91. The fourth-order valence-corrected chi connectivity index (χ4v) is 4.82. The van der Waals surface area contributed by atoms with Crippen LogP contribution in [0, 0.1) is 18.8 Å². The van der Waals surface area contributed by atoms with Crippen LogP contribution in [-0.2, 0) is 9.59 Å². The van der Waals surface area contributed by atoms with Crippen molar-refractivity contribution in [3.05, 3.63) is 65.4 Å². The minimum Gasteiger partial charge on any atom is -0.491 e. The van der Waals surface area contributed by atoms with Crippen LogP contribution >= 0.6 is 0 Å². The average Bonchev–Trinajstić information content (AvgIpc) is 2.98. The molecule has 2 aliphatic rings. The number of aryl methyl sites for hydroxylation is 1. The average molecular weight is 433 g/mol. The first-order valence-electron chi connectivity index (χ1n) is 11.5. The lowest BCUT2D eigenvalue weighted by molar-refractivity contribution is -0.120. The van der Waals surface area contributed by atoms with Gasteiger partial charge in [-0.15, -0.1) is 0 Å². The normalized spacial score (nSPS) is 21.7. The van der Waals surface area contributed by atoms with Gasteiger partial charge in [0.15, 0.2) is 0 Å². The highest BCUT2D eigenvalue weighted by molar-refractivity contribution is 6.45. The number of imide groups is 1. The predicted octanol–water partition coefficient (Wildman–Crippen LogP) is 5.04. The van der Waals surface area contributed by atoms with Gasteiger partial charge in [0.1, 0.15) is 11.4 Å². The molecule has 0 aliphatic carbocycles. The molecule has 0 saturated carbocycles. The van der Waals surface area contributed by atoms with E-state index in [0.29, 0.717) is 34.5 Å². The third-order valence-electron chi connectivity index (χ3n) is 6.05. The summed E-state index contributed by atoms with van der Waals surface area (Å²) in [6.45, 7) is 11.9. The number of carbonyl (C=O) groups excluding carboxylic acids is 2. The highest BCUT2D eigenvalue weighted by Crippen LogP contribution is 2.37. The van der Waals surface area contributed by atoms with E-state index in [1.165, 1.54) is 4.90 Å². The Bertz CT molecular complexity index is 1030. The number of hydrogen-bond acceptors (Lipinski definition) is 4. The molecule has 2 aliphatic heterocycles. The van der Waals surface area contributed by atoms with E-state index in [9.17, 15) is 9.59 Å². The van der Waals surface area contributed by atoms with Crippen LogP contribution in [0.4, 0.5) is 5.69 Å². The summed E-state index contributed by atoms with van der Waals surface area (Å²) in [7, 11) is 0. The second-order valence-corrected chi connectivity index (χ2v) is 9.55. The van der Waals surface area contributed by atoms with Crippen LogP contribution in [-0.4, -0.2) is 35.9 Å². The number of amides is 2. The Morgan fingerprint density at radius 1 is 0.875 bits per heavy atom. The van der Waals surface area contributed by atoms with Gasteiger partial charge < -0.3 is 9.64 Å². The van der Waals surface area contributed by atoms with Gasteiger partial charge in [0.25, 0.3) is 11.8 Å². The quantitative estimate of drug-likeness (QED) is 0.621. The van der Waals surface area contributed by atoms with Crippen LogP contribution in [0.5, 0.6) is 5.75 Å². The smallest absolute Gasteiger partial charge is 0.282 e. The topological polar surface area (TPSA) is 49.9 Å². The zero-order valence-corrected chi connectivity index (χ0v) is 19.6. The molecule has 1 fully saturated rings. The number of piperidine rings is 1. The Hall–Kier alpha value is -3.08. The first-order valence-corrected chi connectivity index (χ1v) is 11.5. The number of ether oxygens (including phenoxy) is 1. The summed E-state index contributed by atoms with van der Waals surface area (Å²) in [6, 6.07) is 15.0. The van der Waals surface area contributed by atoms with Crippen molar-refractivity contribution in [2.75, 3.05) is 18.0 Å². The number of anilines is 1. The molecule has 2 heterocycles. The fourth-order valence-electron chi connectivity index (χ4n) is 4.82. The largest absolute Gasteiger partial charge is 0.491 e. The summed E-state index contributed by atoms with van der Waals surface area (Å²) < 4.78 is 5.72. The highest BCUT2D eigenvalue weighted by atomic mass is 16.5. The first-order chi connectivity index (χ1) is 15.2. The van der Waals surface area contributed by atoms with Gasteiger partial charge in [0, 0.05) is 13.1 Å². The first kappa shape index (κ1) is 22.1. The molecule has 2 unspecified atom stereocenters. The zero-order chi connectivity index (χ0) is 23.0. The maximum atomic E-state index is 13.7. The van der Waals surface area contributed by atoms with E-state index < -0.39 is 0 Å². The summed E-state index contributed by atoms with van der Waals surface area (Å²) in [5, 5.41) is 0. The molecule has 2 aromatic rings. The molecule has 0 N–H and O–H groups in total. The highest BCUT2D eigenvalue weighted by Gasteiger charge is 2.43. The Morgan fingerprint density at radius 3 is 2.03 bits per heavy atom. The molecule has 32 heavy (non-hydrogen) atoms. The second kappa shape index (κ2) is 8.81. The van der Waals surface area contributed by atoms with Crippen molar-refractivity contribution in [1.29, 1.82) is 0 Å². The van der Waals surface area contributed by atoms with Crippen LogP contribution in [0.25, 0.3) is 5.57 Å². The van der Waals surface area contributed by atoms with E-state index in [2.05, 4.69) is 18.7 Å². The number of rotatable bonds is 5. The number of carbonyl (C=O) groups is 2. The van der Waals surface area contributed by atoms with Gasteiger partial charge in [0.05, 0.1) is 17.4 Å². The Labute approximate surface area is 190 Å². The summed E-state index contributed by atoms with van der Waals surface area (Å²) in [5.74, 6) is 1.14. The monoisotopic (exact) mass is 432 g/mol. The summed E-state index contributed by atoms with van der Waals surface area (Å²) in [4.78, 5) is 30.8. The van der Waals surface area contributed by atoms with Crippen molar-refractivity contribution in [2.24, 2.45) is 11.8 Å². The van der Waals surface area contributed by atoms with Crippen LogP contribution in [0.1, 0.15) is 45.2 Å². The van der Waals surface area contributed by atoms with Crippen LogP contribution < -0.4 is 9.64 Å². The number of benzene rings is 2. The maximum absolute atomic E-state index is 13.7. The van der Waals surface area contributed by atoms with E-state index >= 15 is 0 Å². The van der Waals surface area contributed by atoms with Crippen LogP contribution in [0.3, 0.4) is 0 Å². The molecule has 168 valence electrons.